The summed E-state index contributed by atoms with van der Waals surface area (Å²) < 4.78 is 11.1. The van der Waals surface area contributed by atoms with Gasteiger partial charge in [0.05, 0.1) is 6.61 Å². The van der Waals surface area contributed by atoms with Crippen molar-refractivity contribution in [3.05, 3.63) is 24.3 Å². The molecule has 1 aliphatic rings. The molecule has 1 aliphatic carbocycles. The van der Waals surface area contributed by atoms with E-state index >= 15 is 0 Å². The Hall–Kier alpha value is -1.55. The predicted molar refractivity (Wildman–Crippen MR) is 79.0 cm³/mol. The van der Waals surface area contributed by atoms with Crippen molar-refractivity contribution in [2.75, 3.05) is 18.5 Å². The van der Waals surface area contributed by atoms with E-state index in [0.717, 1.165) is 24.3 Å². The normalized spacial score (nSPS) is 17.4. The molecule has 1 fully saturated rings. The summed E-state index contributed by atoms with van der Waals surface area (Å²) in [5, 5.41) is 2.94. The summed E-state index contributed by atoms with van der Waals surface area (Å²) in [7, 11) is 0. The smallest absolute Gasteiger partial charge is 0.256 e. The number of carbonyl (C=O) groups excluding carboxylic acids is 1. The van der Waals surface area contributed by atoms with Crippen LogP contribution in [0, 0.1) is 5.92 Å². The highest BCUT2D eigenvalue weighted by Crippen LogP contribution is 2.42. The fraction of sp³-hybridized carbons (Fsp3) is 0.562. The molecule has 1 atom stereocenters. The molecule has 0 aromatic heterocycles. The zero-order chi connectivity index (χ0) is 14.6. The average molecular weight is 277 g/mol. The minimum atomic E-state index is -0.715. The maximum absolute atomic E-state index is 12.4. The molecule has 1 aromatic rings. The van der Waals surface area contributed by atoms with Crippen LogP contribution in [0.25, 0.3) is 0 Å². The topological polar surface area (TPSA) is 47.6 Å². The number of nitrogens with one attached hydrogen (secondary N) is 1. The molecule has 110 valence electrons. The molecule has 1 N–H and O–H groups in total. The monoisotopic (exact) mass is 277 g/mol. The molecule has 0 aliphatic heterocycles. The van der Waals surface area contributed by atoms with Crippen molar-refractivity contribution in [2.45, 2.75) is 39.2 Å². The molecule has 4 nitrogen and oxygen atoms in total. The Morgan fingerprint density at radius 2 is 1.90 bits per heavy atom. The first kappa shape index (κ1) is 14.9. The highest BCUT2D eigenvalue weighted by molar-refractivity contribution is 5.97. The van der Waals surface area contributed by atoms with Crippen LogP contribution < -0.4 is 10.1 Å². The Bertz CT molecular complexity index is 453. The van der Waals surface area contributed by atoms with Gasteiger partial charge in [-0.15, -0.1) is 0 Å². The number of anilines is 1. The van der Waals surface area contributed by atoms with Crippen LogP contribution in [0.5, 0.6) is 5.75 Å². The van der Waals surface area contributed by atoms with Crippen LogP contribution in [-0.4, -0.2) is 24.7 Å². The van der Waals surface area contributed by atoms with E-state index in [-0.39, 0.29) is 5.91 Å². The molecule has 1 aromatic carbocycles. The predicted octanol–water partition coefficient (Wildman–Crippen LogP) is 3.23. The van der Waals surface area contributed by atoms with Crippen molar-refractivity contribution >= 4 is 11.6 Å². The molecule has 4 heteroatoms. The zero-order valence-corrected chi connectivity index (χ0v) is 12.4. The maximum Gasteiger partial charge on any atom is 0.256 e. The van der Waals surface area contributed by atoms with Gasteiger partial charge in [-0.05, 0) is 63.8 Å². The van der Waals surface area contributed by atoms with Crippen LogP contribution in [0.3, 0.4) is 0 Å². The van der Waals surface area contributed by atoms with Crippen molar-refractivity contribution in [1.82, 2.24) is 0 Å². The van der Waals surface area contributed by atoms with E-state index < -0.39 is 5.60 Å². The second-order valence-electron chi connectivity index (χ2n) is 5.23. The molecule has 0 bridgehead atoms. The first-order valence-electron chi connectivity index (χ1n) is 7.28. The van der Waals surface area contributed by atoms with E-state index in [1.54, 1.807) is 0 Å². The molecule has 0 unspecified atom stereocenters. The Labute approximate surface area is 120 Å². The van der Waals surface area contributed by atoms with Crippen molar-refractivity contribution < 1.29 is 14.3 Å². The minimum Gasteiger partial charge on any atom is -0.494 e. The van der Waals surface area contributed by atoms with Gasteiger partial charge >= 0.3 is 0 Å². The summed E-state index contributed by atoms with van der Waals surface area (Å²) in [6.45, 7) is 6.93. The Morgan fingerprint density at radius 3 is 2.40 bits per heavy atom. The Morgan fingerprint density at radius 1 is 1.25 bits per heavy atom. The number of amides is 1. The fourth-order valence-electron chi connectivity index (χ4n) is 2.36. The van der Waals surface area contributed by atoms with Gasteiger partial charge in [-0.1, -0.05) is 0 Å². The van der Waals surface area contributed by atoms with Crippen molar-refractivity contribution in [3.8, 4) is 5.75 Å². The van der Waals surface area contributed by atoms with Gasteiger partial charge in [-0.25, -0.2) is 0 Å². The summed E-state index contributed by atoms with van der Waals surface area (Å²) in [6.07, 6.45) is 2.13. The molecular weight excluding hydrogens is 254 g/mol. The zero-order valence-electron chi connectivity index (χ0n) is 12.4. The second kappa shape index (κ2) is 6.27. The van der Waals surface area contributed by atoms with E-state index in [0.29, 0.717) is 19.1 Å². The van der Waals surface area contributed by atoms with Gasteiger partial charge in [-0.2, -0.15) is 0 Å². The van der Waals surface area contributed by atoms with Gasteiger partial charge in [0, 0.05) is 12.3 Å². The molecule has 1 amide bonds. The van der Waals surface area contributed by atoms with E-state index in [2.05, 4.69) is 5.32 Å². The van der Waals surface area contributed by atoms with E-state index in [1.807, 2.05) is 45.0 Å². The second-order valence-corrected chi connectivity index (χ2v) is 5.23. The lowest BCUT2D eigenvalue weighted by Gasteiger charge is -2.28. The lowest BCUT2D eigenvalue weighted by molar-refractivity contribution is -0.141. The molecule has 20 heavy (non-hydrogen) atoms. The van der Waals surface area contributed by atoms with Crippen LogP contribution >= 0.6 is 0 Å². The molecule has 0 radical (unpaired) electrons. The third kappa shape index (κ3) is 3.31. The maximum atomic E-state index is 12.4. The lowest BCUT2D eigenvalue weighted by atomic mass is 9.99. The van der Waals surface area contributed by atoms with Gasteiger partial charge in [0.2, 0.25) is 0 Å². The van der Waals surface area contributed by atoms with Crippen LogP contribution in [0.1, 0.15) is 33.6 Å². The van der Waals surface area contributed by atoms with Gasteiger partial charge in [0.25, 0.3) is 5.91 Å². The van der Waals surface area contributed by atoms with E-state index in [9.17, 15) is 4.79 Å². The highest BCUT2D eigenvalue weighted by Gasteiger charge is 2.48. The first-order valence-corrected chi connectivity index (χ1v) is 7.28. The molecular formula is C16H23NO3. The van der Waals surface area contributed by atoms with Crippen LogP contribution in [0.15, 0.2) is 24.3 Å². The summed E-state index contributed by atoms with van der Waals surface area (Å²) in [4.78, 5) is 12.4. The summed E-state index contributed by atoms with van der Waals surface area (Å²) in [5.74, 6) is 1.08. The summed E-state index contributed by atoms with van der Waals surface area (Å²) >= 11 is 0. The lowest BCUT2D eigenvalue weighted by Crippen LogP contribution is -2.44. The quantitative estimate of drug-likeness (QED) is 0.832. The largest absolute Gasteiger partial charge is 0.494 e. The summed E-state index contributed by atoms with van der Waals surface area (Å²) in [6, 6.07) is 7.41. The number of rotatable bonds is 7. The van der Waals surface area contributed by atoms with E-state index in [1.165, 1.54) is 0 Å². The molecule has 2 rings (SSSR count). The molecule has 0 saturated heterocycles. The number of hydrogen-bond donors (Lipinski definition) is 1. The Kier molecular flexibility index (Phi) is 4.65. The number of ether oxygens (including phenoxy) is 2. The SMILES string of the molecule is CCOc1ccc(NC(=O)[C@@](C)(OCC)C2CC2)cc1. The van der Waals surface area contributed by atoms with Crippen molar-refractivity contribution in [1.29, 1.82) is 0 Å². The number of hydrogen-bond acceptors (Lipinski definition) is 3. The first-order chi connectivity index (χ1) is 9.60. The number of carbonyl (C=O) groups is 1. The highest BCUT2D eigenvalue weighted by atomic mass is 16.5. The fourth-order valence-corrected chi connectivity index (χ4v) is 2.36. The number of benzene rings is 1. The van der Waals surface area contributed by atoms with Crippen LogP contribution in [-0.2, 0) is 9.53 Å². The minimum absolute atomic E-state index is 0.0639. The van der Waals surface area contributed by atoms with Crippen molar-refractivity contribution in [2.24, 2.45) is 5.92 Å². The molecule has 0 spiro atoms. The van der Waals surface area contributed by atoms with Gasteiger partial charge in [0.1, 0.15) is 11.4 Å². The van der Waals surface area contributed by atoms with Crippen LogP contribution in [0.2, 0.25) is 0 Å². The standard InChI is InChI=1S/C16H23NO3/c1-4-19-14-10-8-13(9-11-14)17-15(18)16(3,20-5-2)12-6-7-12/h8-12H,4-7H2,1-3H3,(H,17,18)/t16-/m0/s1. The van der Waals surface area contributed by atoms with Crippen molar-refractivity contribution in [3.63, 3.8) is 0 Å². The van der Waals surface area contributed by atoms with Gasteiger partial charge in [-0.3, -0.25) is 4.79 Å². The third-order valence-electron chi connectivity index (χ3n) is 3.67. The average Bonchev–Trinajstić information content (AvgIpc) is 3.26. The van der Waals surface area contributed by atoms with E-state index in [4.69, 9.17) is 9.47 Å². The van der Waals surface area contributed by atoms with Crippen LogP contribution in [0.4, 0.5) is 5.69 Å². The van der Waals surface area contributed by atoms with Gasteiger partial charge < -0.3 is 14.8 Å². The van der Waals surface area contributed by atoms with Gasteiger partial charge in [0.15, 0.2) is 0 Å². The third-order valence-corrected chi connectivity index (χ3v) is 3.67. The summed E-state index contributed by atoms with van der Waals surface area (Å²) in [5.41, 5.74) is 0.0536. The molecule has 1 saturated carbocycles. The molecule has 0 heterocycles. The Balaban J connectivity index is 2.02.